The summed E-state index contributed by atoms with van der Waals surface area (Å²) in [6.45, 7) is 9.33. The Balaban J connectivity index is 0.0000000897. The first-order valence-electron chi connectivity index (χ1n) is 44.7. The number of piperidine rings is 4. The number of nitrogens with zero attached hydrogens (tertiary/aromatic N) is 8. The van der Waals surface area contributed by atoms with Crippen molar-refractivity contribution in [1.82, 2.24) is 38.7 Å². The van der Waals surface area contributed by atoms with E-state index in [0.29, 0.717) is 47.7 Å². The van der Waals surface area contributed by atoms with Crippen LogP contribution in [0.5, 0.6) is 34.5 Å². The van der Waals surface area contributed by atoms with Crippen LogP contribution in [0.25, 0.3) is 54.4 Å². The highest BCUT2D eigenvalue weighted by molar-refractivity contribution is 6.10. The number of pyridine rings is 2. The van der Waals surface area contributed by atoms with Crippen LogP contribution in [-0.4, -0.2) is 160 Å². The Morgan fingerprint density at radius 2 is 0.975 bits per heavy atom. The van der Waals surface area contributed by atoms with Crippen LogP contribution in [0.3, 0.4) is 0 Å². The second kappa shape index (κ2) is 25.9. The van der Waals surface area contributed by atoms with Crippen LogP contribution < -0.4 is 9.47 Å². The Morgan fingerprint density at radius 1 is 0.442 bits per heavy atom. The van der Waals surface area contributed by atoms with Gasteiger partial charge in [0.05, 0.1) is 55.5 Å². The molecule has 12 heterocycles. The van der Waals surface area contributed by atoms with Gasteiger partial charge in [-0.25, -0.2) is 0 Å². The predicted octanol–water partition coefficient (Wildman–Crippen LogP) is 15.8. The van der Waals surface area contributed by atoms with Gasteiger partial charge in [-0.15, -0.1) is 0 Å². The number of likely N-dealkylation sites (N-methyl/N-ethyl adjacent to an activating group) is 1. The SMILES string of the molecule is CN1CC[C@@]2(c3cccc(O)c3)Cc3nc4ccccc4cc3C[C@@H]2C1.CN1CC[C@]2(c3cccc(O)c3)Cc3nc4ccccc4cc3C[C@H]2C1.CN1CC[C@]23c4c5ccc(O)c4O[C@H]2c2c(c4cccc6c4n2CCC6)C[C@@]3(O)[C@H]1C5.Oc1ccc2c3c1O[C@H]1c4c(c5ccc6cccc7c6c5n4CC7)C[C@@]4(O)[C@@H](C2)N(CC2CC2)CC[C@]314. The molecule has 5 fully saturated rings. The molecule has 7 aliphatic carbocycles. The summed E-state index contributed by atoms with van der Waals surface area (Å²) in [5.74, 6) is 4.29. The predicted molar refractivity (Wildman–Crippen MR) is 467 cm³/mol. The molecule has 12 atom stereocenters. The highest BCUT2D eigenvalue weighted by Crippen LogP contribution is 2.72. The van der Waals surface area contributed by atoms with Gasteiger partial charge in [-0.1, -0.05) is 121 Å². The second-order valence-electron chi connectivity index (χ2n) is 39.2. The maximum Gasteiger partial charge on any atom is 0.166 e. The number of benzene rings is 9. The van der Waals surface area contributed by atoms with Crippen molar-refractivity contribution in [2.75, 3.05) is 67.0 Å². The first-order valence-corrected chi connectivity index (χ1v) is 44.7. The summed E-state index contributed by atoms with van der Waals surface area (Å²) in [5.41, 5.74) is 22.5. The van der Waals surface area contributed by atoms with Gasteiger partial charge in [-0.2, -0.15) is 0 Å². The average molecular weight is 1590 g/mol. The fourth-order valence-electron chi connectivity index (χ4n) is 27.8. The molecule has 16 nitrogen and oxygen atoms in total. The Labute approximate surface area is 699 Å². The highest BCUT2D eigenvalue weighted by atomic mass is 16.5. The van der Waals surface area contributed by atoms with E-state index >= 15 is 0 Å². The lowest BCUT2D eigenvalue weighted by atomic mass is 9.49. The third kappa shape index (κ3) is 9.97. The molecule has 120 heavy (non-hydrogen) atoms. The molecule has 9 aromatic carbocycles. The first kappa shape index (κ1) is 72.5. The summed E-state index contributed by atoms with van der Waals surface area (Å²) in [6, 6.07) is 63.1. The van der Waals surface area contributed by atoms with E-state index in [-0.39, 0.29) is 46.6 Å². The molecule has 4 aromatic heterocycles. The summed E-state index contributed by atoms with van der Waals surface area (Å²) in [6.07, 6.45) is 16.3. The fraction of sp³-hybridized carbons (Fsp3) is 0.404. The van der Waals surface area contributed by atoms with Crippen LogP contribution in [-0.2, 0) is 99.0 Å². The average Bonchev–Trinajstić information content (AvgIpc) is 1.46. The molecule has 4 bridgehead atoms. The van der Waals surface area contributed by atoms with Crippen molar-refractivity contribution in [2.24, 2.45) is 17.8 Å². The number of phenolic OH excluding ortho intramolecular Hbond substituents is 4. The minimum Gasteiger partial charge on any atom is -0.508 e. The van der Waals surface area contributed by atoms with Gasteiger partial charge in [-0.05, 0) is 270 Å². The van der Waals surface area contributed by atoms with Gasteiger partial charge >= 0.3 is 0 Å². The Hall–Kier alpha value is -10.3. The first-order chi connectivity index (χ1) is 58.4. The van der Waals surface area contributed by atoms with Crippen LogP contribution in [0.2, 0.25) is 0 Å². The molecule has 0 radical (unpaired) electrons. The zero-order chi connectivity index (χ0) is 80.4. The Morgan fingerprint density at radius 3 is 1.57 bits per heavy atom. The molecule has 4 saturated heterocycles. The number of aliphatic hydroxyl groups is 2. The number of aromatic nitrogens is 4. The van der Waals surface area contributed by atoms with E-state index in [4.69, 9.17) is 19.4 Å². The summed E-state index contributed by atoms with van der Waals surface area (Å²) in [5, 5.41) is 75.4. The van der Waals surface area contributed by atoms with Crippen LogP contribution >= 0.6 is 0 Å². The lowest BCUT2D eigenvalue weighted by molar-refractivity contribution is -0.173. The molecule has 16 heteroatoms. The van der Waals surface area contributed by atoms with E-state index in [1.807, 2.05) is 30.3 Å². The van der Waals surface area contributed by atoms with Gasteiger partial charge < -0.3 is 63.9 Å². The molecule has 13 aromatic rings. The molecule has 0 unspecified atom stereocenters. The van der Waals surface area contributed by atoms with E-state index in [1.165, 1.54) is 135 Å². The van der Waals surface area contributed by atoms with Crippen LogP contribution in [0.1, 0.15) is 147 Å². The summed E-state index contributed by atoms with van der Waals surface area (Å²) in [4.78, 5) is 20.0. The Kier molecular flexibility index (Phi) is 15.6. The quantitative estimate of drug-likeness (QED) is 0.0976. The number of likely N-dealkylation sites (tertiary alicyclic amines) is 4. The molecule has 608 valence electrons. The molecule has 1 saturated carbocycles. The topological polar surface area (TPSA) is 188 Å². The zero-order valence-electron chi connectivity index (χ0n) is 68.8. The maximum atomic E-state index is 13.1. The van der Waals surface area contributed by atoms with Gasteiger partial charge in [0.25, 0.3) is 0 Å². The molecule has 15 aliphatic rings. The molecule has 6 N–H and O–H groups in total. The highest BCUT2D eigenvalue weighted by Gasteiger charge is 2.75. The van der Waals surface area contributed by atoms with Gasteiger partial charge in [0.15, 0.2) is 35.2 Å². The van der Waals surface area contributed by atoms with Crippen molar-refractivity contribution >= 4 is 54.4 Å². The second-order valence-corrected chi connectivity index (χ2v) is 39.2. The molecule has 0 amide bonds. The fourth-order valence-corrected chi connectivity index (χ4v) is 27.8. The molecule has 2 spiro atoms. The largest absolute Gasteiger partial charge is 0.508 e. The number of hydrogen-bond donors (Lipinski definition) is 6. The minimum atomic E-state index is -0.925. The standard InChI is InChI=1S/C32H30N2O3.C26H26N2O3.2C23H24N2O/c35-23-9-7-20-14-24-32(36)15-22-21-8-6-18-2-1-3-19-10-12-34(27(21)25(18)19)28(22)30-31(32,26(20)29(23)37-30)11-13-33(24)16-17-4-5-17;1-27-11-9-25-20-15-7-8-18(29)23(20)31-24(25)22-17(13-26(25,30)19(27)12-15)16-6-2-4-14-5-3-10-28(22)21(14)16;2*1-25-10-9-23(18-6-4-7-20(26)13-18)14-22-17(12-19(23)15-25)11-16-5-2-3-8-21(16)24-22/h1-3,6-9,17,24,30,35-36H,4-5,10-16H2;2,4,6-8,19,24,29-30H,3,5,9-13H2,1H3;2*2-8,11,13,19,26H,9-10,12,14-15H2,1H3/t24-,30+,31+,32-;19-,24+,25+,26-;2*19-,23+/m1110/s1. The lowest BCUT2D eigenvalue weighted by Gasteiger charge is -2.63. The van der Waals surface area contributed by atoms with Crippen molar-refractivity contribution in [2.45, 2.75) is 179 Å². The summed E-state index contributed by atoms with van der Waals surface area (Å²) >= 11 is 0. The number of rotatable bonds is 4. The number of ether oxygens (including phenoxy) is 2. The van der Waals surface area contributed by atoms with Crippen molar-refractivity contribution in [1.29, 1.82) is 0 Å². The number of hydrogen-bond acceptors (Lipinski definition) is 14. The molecule has 28 rings (SSSR count). The van der Waals surface area contributed by atoms with E-state index < -0.39 is 22.0 Å². The van der Waals surface area contributed by atoms with Gasteiger partial charge in [0, 0.05) is 131 Å². The van der Waals surface area contributed by atoms with E-state index in [1.54, 1.807) is 18.2 Å². The van der Waals surface area contributed by atoms with Gasteiger partial charge in [0.1, 0.15) is 11.5 Å². The third-order valence-electron chi connectivity index (χ3n) is 33.5. The summed E-state index contributed by atoms with van der Waals surface area (Å²) < 4.78 is 18.6. The molecular formula is C104H104N8O8. The number of aryl methyl sites for hydroxylation is 4. The third-order valence-corrected chi connectivity index (χ3v) is 33.5. The number of para-hydroxylation sites is 3. The van der Waals surface area contributed by atoms with Crippen molar-refractivity contribution in [3.8, 4) is 34.5 Å². The van der Waals surface area contributed by atoms with Crippen LogP contribution in [0, 0.1) is 17.8 Å². The maximum absolute atomic E-state index is 13.1. The number of fused-ring (bicyclic) bond motifs is 14. The van der Waals surface area contributed by atoms with Crippen molar-refractivity contribution in [3.63, 3.8) is 0 Å². The number of phenols is 4. The van der Waals surface area contributed by atoms with Crippen molar-refractivity contribution in [3.05, 3.63) is 272 Å². The van der Waals surface area contributed by atoms with E-state index in [2.05, 4.69) is 183 Å². The van der Waals surface area contributed by atoms with E-state index in [9.17, 15) is 30.6 Å². The van der Waals surface area contributed by atoms with Crippen molar-refractivity contribution < 1.29 is 40.1 Å². The van der Waals surface area contributed by atoms with Gasteiger partial charge in [0.2, 0.25) is 0 Å². The minimum absolute atomic E-state index is 0.0511. The zero-order valence-corrected chi connectivity index (χ0v) is 68.8. The Bertz CT molecular complexity index is 6380. The molecular weight excluding hydrogens is 1490 g/mol. The molecule has 8 aliphatic heterocycles. The van der Waals surface area contributed by atoms with Gasteiger partial charge in [-0.3, -0.25) is 14.9 Å². The lowest BCUT2D eigenvalue weighted by Crippen LogP contribution is -2.74. The van der Waals surface area contributed by atoms with E-state index in [0.717, 1.165) is 170 Å². The summed E-state index contributed by atoms with van der Waals surface area (Å²) in [7, 11) is 6.60. The normalized spacial score (nSPS) is 30.0. The number of aromatic hydroxyl groups is 4. The van der Waals surface area contributed by atoms with Crippen LogP contribution in [0.4, 0.5) is 0 Å². The van der Waals surface area contributed by atoms with Crippen LogP contribution in [0.15, 0.2) is 182 Å². The smallest absolute Gasteiger partial charge is 0.166 e. The monoisotopic (exact) mass is 1590 g/mol.